The van der Waals surface area contributed by atoms with Crippen molar-refractivity contribution < 1.29 is 38.4 Å². The van der Waals surface area contributed by atoms with Crippen LogP contribution in [-0.2, 0) is 28.5 Å². The van der Waals surface area contributed by atoms with Gasteiger partial charge < -0.3 is 28.8 Å². The number of piperidine rings is 1. The molecule has 13 atom stereocenters. The Kier molecular flexibility index (Phi) is 6.83. The van der Waals surface area contributed by atoms with Crippen LogP contribution in [0.2, 0.25) is 0 Å². The largest absolute Gasteiger partial charge is 0.458 e. The first-order valence-electron chi connectivity index (χ1n) is 15.7. The summed E-state index contributed by atoms with van der Waals surface area (Å²) >= 11 is 0. The fourth-order valence-corrected chi connectivity index (χ4v) is 12.0. The summed E-state index contributed by atoms with van der Waals surface area (Å²) in [7, 11) is 5.24. The number of fused-ring (bicyclic) bond motifs is 2. The number of ether oxygens (including phenoxy) is 5. The second-order valence-electron chi connectivity index (χ2n) is 13.9. The maximum atomic E-state index is 13.6. The van der Waals surface area contributed by atoms with Gasteiger partial charge in [0.05, 0.1) is 30.5 Å². The predicted octanol–water partition coefficient (Wildman–Crippen LogP) is 2.94. The Balaban J connectivity index is 1.45. The summed E-state index contributed by atoms with van der Waals surface area (Å²) in [5.74, 6) is -1.57. The molecule has 230 valence electrons. The monoisotopic (exact) mass is 583 g/mol. The molecule has 0 amide bonds. The molecule has 7 bridgehead atoms. The van der Waals surface area contributed by atoms with Gasteiger partial charge in [0, 0.05) is 81.8 Å². The lowest BCUT2D eigenvalue weighted by Crippen LogP contribution is -2.77. The summed E-state index contributed by atoms with van der Waals surface area (Å²) in [4.78, 5) is 29.2. The van der Waals surface area contributed by atoms with E-state index in [1.54, 1.807) is 33.5 Å². The van der Waals surface area contributed by atoms with Crippen molar-refractivity contribution in [2.45, 2.75) is 75.6 Å². The molecule has 9 nitrogen and oxygen atoms in total. The lowest BCUT2D eigenvalue weighted by atomic mass is 9.43. The summed E-state index contributed by atoms with van der Waals surface area (Å²) < 4.78 is 31.5. The molecule has 42 heavy (non-hydrogen) atoms. The van der Waals surface area contributed by atoms with E-state index in [0.717, 1.165) is 32.4 Å². The van der Waals surface area contributed by atoms with Crippen LogP contribution in [0.4, 0.5) is 0 Å². The van der Waals surface area contributed by atoms with Gasteiger partial charge in [0.15, 0.2) is 0 Å². The number of esters is 2. The number of aliphatic hydroxyl groups excluding tert-OH is 1. The average Bonchev–Trinajstić information content (AvgIpc) is 3.39. The Labute approximate surface area is 248 Å². The third-order valence-electron chi connectivity index (χ3n) is 12.6. The molecule has 1 saturated heterocycles. The van der Waals surface area contributed by atoms with Crippen LogP contribution in [0.3, 0.4) is 0 Å². The quantitative estimate of drug-likeness (QED) is 0.463. The van der Waals surface area contributed by atoms with Gasteiger partial charge in [-0.15, -0.1) is 0 Å². The summed E-state index contributed by atoms with van der Waals surface area (Å²) in [5.41, 5.74) is -1.22. The lowest BCUT2D eigenvalue weighted by Gasteiger charge is -2.69. The molecule has 1 aromatic carbocycles. The molecule has 13 unspecified atom stereocenters. The number of carbonyl (C=O) groups is 2. The molecular weight excluding hydrogens is 538 g/mol. The van der Waals surface area contributed by atoms with Crippen molar-refractivity contribution >= 4 is 11.9 Å². The molecule has 5 aliphatic carbocycles. The molecule has 0 radical (unpaired) electrons. The fraction of sp³-hybridized carbons (Fsp3) is 0.758. The van der Waals surface area contributed by atoms with Crippen LogP contribution in [0, 0.1) is 40.4 Å². The number of aliphatic hydroxyl groups is 1. The second kappa shape index (κ2) is 9.99. The van der Waals surface area contributed by atoms with E-state index in [2.05, 4.69) is 11.8 Å². The topological polar surface area (TPSA) is 104 Å². The molecule has 1 heterocycles. The molecule has 1 aromatic rings. The van der Waals surface area contributed by atoms with Gasteiger partial charge in [0.1, 0.15) is 11.7 Å². The molecule has 0 aromatic heterocycles. The third kappa shape index (κ3) is 3.43. The number of nitrogens with zero attached hydrogens (tertiary/aromatic N) is 1. The normalized spacial score (nSPS) is 48.1. The summed E-state index contributed by atoms with van der Waals surface area (Å²) in [5, 5.41) is 12.7. The van der Waals surface area contributed by atoms with E-state index in [-0.39, 0.29) is 65.2 Å². The highest BCUT2D eigenvalue weighted by Crippen LogP contribution is 2.79. The maximum Gasteiger partial charge on any atom is 0.338 e. The number of rotatable bonds is 8. The first-order valence-corrected chi connectivity index (χ1v) is 15.7. The van der Waals surface area contributed by atoms with E-state index in [1.165, 1.54) is 6.92 Å². The zero-order chi connectivity index (χ0) is 29.6. The highest BCUT2D eigenvalue weighted by Gasteiger charge is 2.87. The van der Waals surface area contributed by atoms with Gasteiger partial charge in [-0.2, -0.15) is 0 Å². The van der Waals surface area contributed by atoms with E-state index in [9.17, 15) is 14.7 Å². The standard InChI is InChI=1S/C33H45NO8/c1-6-34-16-31(17-38-3)13-12-23(40-5)33-21-14-20-22(39-4)15-32(42-18(2)35,25(29(33)34)26(36)28(31)33)24(21)27(20)41-30(37)19-10-8-7-9-11-19/h7-11,20-29,36H,6,12-17H2,1-5H3. The van der Waals surface area contributed by atoms with E-state index in [4.69, 9.17) is 23.7 Å². The highest BCUT2D eigenvalue weighted by molar-refractivity contribution is 5.89. The highest BCUT2D eigenvalue weighted by atomic mass is 16.6. The van der Waals surface area contributed by atoms with Crippen LogP contribution in [0.5, 0.6) is 0 Å². The Morgan fingerprint density at radius 3 is 2.50 bits per heavy atom. The number of hydrogen-bond donors (Lipinski definition) is 1. The van der Waals surface area contributed by atoms with Crippen LogP contribution >= 0.6 is 0 Å². The summed E-state index contributed by atoms with van der Waals surface area (Å²) in [6.45, 7) is 5.82. The van der Waals surface area contributed by atoms with E-state index < -0.39 is 23.2 Å². The molecule has 7 rings (SSSR count). The van der Waals surface area contributed by atoms with Crippen molar-refractivity contribution in [3.05, 3.63) is 35.9 Å². The zero-order valence-electron chi connectivity index (χ0n) is 25.4. The number of benzene rings is 1. The molecule has 1 N–H and O–H groups in total. The molecule has 1 aliphatic heterocycles. The van der Waals surface area contributed by atoms with Gasteiger partial charge in [-0.1, -0.05) is 25.1 Å². The number of hydrogen-bond acceptors (Lipinski definition) is 9. The number of methoxy groups -OCH3 is 3. The van der Waals surface area contributed by atoms with Gasteiger partial charge in [-0.25, -0.2) is 4.79 Å². The first-order chi connectivity index (χ1) is 20.2. The molecule has 6 aliphatic rings. The van der Waals surface area contributed by atoms with E-state index >= 15 is 0 Å². The zero-order valence-corrected chi connectivity index (χ0v) is 25.4. The van der Waals surface area contributed by atoms with Gasteiger partial charge in [0.25, 0.3) is 0 Å². The minimum Gasteiger partial charge on any atom is -0.458 e. The van der Waals surface area contributed by atoms with Crippen molar-refractivity contribution in [3.63, 3.8) is 0 Å². The summed E-state index contributed by atoms with van der Waals surface area (Å²) in [6.07, 6.45) is 1.38. The number of likely N-dealkylation sites (tertiary alicyclic amines) is 1. The van der Waals surface area contributed by atoms with E-state index in [0.29, 0.717) is 18.6 Å². The number of carbonyl (C=O) groups excluding carboxylic acids is 2. The van der Waals surface area contributed by atoms with Gasteiger partial charge >= 0.3 is 11.9 Å². The van der Waals surface area contributed by atoms with Crippen LogP contribution < -0.4 is 0 Å². The van der Waals surface area contributed by atoms with E-state index in [1.807, 2.05) is 18.2 Å². The fourth-order valence-electron chi connectivity index (χ4n) is 12.0. The minimum atomic E-state index is -1.05. The minimum absolute atomic E-state index is 0.00481. The van der Waals surface area contributed by atoms with Crippen LogP contribution in [-0.4, -0.2) is 99.0 Å². The van der Waals surface area contributed by atoms with Crippen molar-refractivity contribution in [1.29, 1.82) is 0 Å². The average molecular weight is 584 g/mol. The van der Waals surface area contributed by atoms with Gasteiger partial charge in [0.2, 0.25) is 0 Å². The van der Waals surface area contributed by atoms with Gasteiger partial charge in [-0.05, 0) is 43.9 Å². The SMILES string of the molecule is CCN1CC2(COC)CCC(OC)C34C5CC6C(OC)CC(OC(C)=O)(C5C6OC(=O)c5ccccc5)C(C(O)C23)C14. The Hall–Kier alpha value is -2.04. The molecule has 1 spiro atoms. The van der Waals surface area contributed by atoms with Crippen molar-refractivity contribution in [2.24, 2.45) is 40.4 Å². The lowest BCUT2D eigenvalue weighted by molar-refractivity contribution is -0.280. The maximum absolute atomic E-state index is 13.6. The first kappa shape index (κ1) is 28.7. The van der Waals surface area contributed by atoms with Crippen LogP contribution in [0.25, 0.3) is 0 Å². The smallest absolute Gasteiger partial charge is 0.338 e. The Morgan fingerprint density at radius 2 is 1.86 bits per heavy atom. The van der Waals surface area contributed by atoms with Crippen LogP contribution in [0.1, 0.15) is 49.9 Å². The Bertz CT molecular complexity index is 1230. The third-order valence-corrected chi connectivity index (χ3v) is 12.6. The van der Waals surface area contributed by atoms with Crippen LogP contribution in [0.15, 0.2) is 30.3 Å². The molecule has 6 fully saturated rings. The summed E-state index contributed by atoms with van der Waals surface area (Å²) in [6, 6.07) is 9.02. The Morgan fingerprint density at radius 1 is 1.10 bits per heavy atom. The predicted molar refractivity (Wildman–Crippen MR) is 151 cm³/mol. The van der Waals surface area contributed by atoms with Gasteiger partial charge in [-0.3, -0.25) is 9.69 Å². The molecule has 5 saturated carbocycles. The van der Waals surface area contributed by atoms with Crippen molar-refractivity contribution in [3.8, 4) is 0 Å². The molecular formula is C33H45NO8. The van der Waals surface area contributed by atoms with Crippen molar-refractivity contribution in [2.75, 3.05) is 41.0 Å². The second-order valence-corrected chi connectivity index (χ2v) is 13.9. The molecule has 9 heteroatoms. The van der Waals surface area contributed by atoms with Crippen molar-refractivity contribution in [1.82, 2.24) is 4.90 Å².